The van der Waals surface area contributed by atoms with Gasteiger partial charge in [-0.05, 0) is 30.9 Å². The van der Waals surface area contributed by atoms with E-state index in [1.54, 1.807) is 6.08 Å². The largest absolute Gasteiger partial charge is 0.342 e. The minimum atomic E-state index is 0.0471. The summed E-state index contributed by atoms with van der Waals surface area (Å²) in [4.78, 5) is 30.6. The molecule has 2 amide bonds. The quantitative estimate of drug-likeness (QED) is 0.785. The van der Waals surface area contributed by atoms with E-state index in [2.05, 4.69) is 4.90 Å². The van der Waals surface area contributed by atoms with Gasteiger partial charge in [0.15, 0.2) is 0 Å². The number of hydrogen-bond donors (Lipinski definition) is 0. The Balaban J connectivity index is 1.42. The molecule has 2 heterocycles. The van der Waals surface area contributed by atoms with Crippen LogP contribution in [-0.4, -0.2) is 72.3 Å². The van der Waals surface area contributed by atoms with Crippen LogP contribution in [0.15, 0.2) is 36.4 Å². The first-order valence-corrected chi connectivity index (χ1v) is 9.24. The van der Waals surface area contributed by atoms with Gasteiger partial charge in [-0.3, -0.25) is 14.5 Å². The number of carbonyl (C=O) groups is 2. The minimum Gasteiger partial charge on any atom is -0.342 e. The van der Waals surface area contributed by atoms with Gasteiger partial charge in [0, 0.05) is 45.3 Å². The molecule has 1 aromatic rings. The number of piperidine rings is 1. The molecule has 1 aromatic carbocycles. The highest BCUT2D eigenvalue weighted by Crippen LogP contribution is 2.10. The van der Waals surface area contributed by atoms with Crippen LogP contribution in [0.4, 0.5) is 0 Å². The Morgan fingerprint density at radius 2 is 1.52 bits per heavy atom. The molecule has 0 aromatic heterocycles. The number of rotatable bonds is 4. The summed E-state index contributed by atoms with van der Waals surface area (Å²) in [5, 5.41) is 0. The van der Waals surface area contributed by atoms with Crippen LogP contribution in [0, 0.1) is 0 Å². The Hall–Kier alpha value is -2.14. The molecule has 0 saturated carbocycles. The van der Waals surface area contributed by atoms with Crippen LogP contribution in [0.25, 0.3) is 6.08 Å². The van der Waals surface area contributed by atoms with E-state index in [1.165, 1.54) is 6.42 Å². The van der Waals surface area contributed by atoms with Gasteiger partial charge in [0.1, 0.15) is 0 Å². The first kappa shape index (κ1) is 17.7. The third kappa shape index (κ3) is 5.16. The Morgan fingerprint density at radius 1 is 0.840 bits per heavy atom. The molecule has 2 aliphatic rings. The predicted molar refractivity (Wildman–Crippen MR) is 98.9 cm³/mol. The summed E-state index contributed by atoms with van der Waals surface area (Å²) in [7, 11) is 0. The van der Waals surface area contributed by atoms with Crippen molar-refractivity contribution in [2.75, 3.05) is 45.8 Å². The first-order chi connectivity index (χ1) is 12.2. The fraction of sp³-hybridized carbons (Fsp3) is 0.500. The van der Waals surface area contributed by atoms with Crippen molar-refractivity contribution >= 4 is 17.9 Å². The van der Waals surface area contributed by atoms with E-state index in [1.807, 2.05) is 46.2 Å². The zero-order valence-electron chi connectivity index (χ0n) is 14.8. The Morgan fingerprint density at radius 3 is 2.20 bits per heavy atom. The zero-order valence-corrected chi connectivity index (χ0v) is 14.8. The molecule has 0 radical (unpaired) electrons. The van der Waals surface area contributed by atoms with E-state index in [-0.39, 0.29) is 11.8 Å². The lowest BCUT2D eigenvalue weighted by molar-refractivity contribution is -0.134. The van der Waals surface area contributed by atoms with Crippen molar-refractivity contribution < 1.29 is 9.59 Å². The molecule has 0 N–H and O–H groups in total. The molecule has 134 valence electrons. The summed E-state index contributed by atoms with van der Waals surface area (Å²) >= 11 is 0. The van der Waals surface area contributed by atoms with Gasteiger partial charge in [-0.1, -0.05) is 30.3 Å². The number of hydrogen-bond acceptors (Lipinski definition) is 3. The van der Waals surface area contributed by atoms with E-state index >= 15 is 0 Å². The summed E-state index contributed by atoms with van der Waals surface area (Å²) in [6, 6.07) is 9.84. The first-order valence-electron chi connectivity index (χ1n) is 9.24. The molecule has 0 bridgehead atoms. The molecule has 0 aliphatic carbocycles. The van der Waals surface area contributed by atoms with Crippen molar-refractivity contribution in [1.29, 1.82) is 0 Å². The summed E-state index contributed by atoms with van der Waals surface area (Å²) < 4.78 is 0. The van der Waals surface area contributed by atoms with E-state index in [4.69, 9.17) is 0 Å². The lowest BCUT2D eigenvalue weighted by Gasteiger charge is -2.35. The average molecular weight is 341 g/mol. The van der Waals surface area contributed by atoms with E-state index < -0.39 is 0 Å². The highest BCUT2D eigenvalue weighted by atomic mass is 16.2. The second kappa shape index (κ2) is 8.81. The van der Waals surface area contributed by atoms with Crippen LogP contribution in [-0.2, 0) is 9.59 Å². The van der Waals surface area contributed by atoms with Crippen LogP contribution < -0.4 is 0 Å². The molecule has 2 fully saturated rings. The fourth-order valence-electron chi connectivity index (χ4n) is 3.40. The van der Waals surface area contributed by atoms with Crippen molar-refractivity contribution in [3.63, 3.8) is 0 Å². The Bertz CT molecular complexity index is 601. The minimum absolute atomic E-state index is 0.0471. The maximum atomic E-state index is 12.3. The summed E-state index contributed by atoms with van der Waals surface area (Å²) in [6.45, 7) is 5.20. The van der Waals surface area contributed by atoms with E-state index in [0.29, 0.717) is 19.6 Å². The lowest BCUT2D eigenvalue weighted by atomic mass is 10.1. The summed E-state index contributed by atoms with van der Waals surface area (Å²) in [5.41, 5.74) is 1.03. The highest BCUT2D eigenvalue weighted by molar-refractivity contribution is 5.91. The van der Waals surface area contributed by atoms with Crippen LogP contribution in [0.1, 0.15) is 24.8 Å². The molecule has 0 atom stereocenters. The second-order valence-electron chi connectivity index (χ2n) is 6.79. The van der Waals surface area contributed by atoms with Crippen LogP contribution in [0.2, 0.25) is 0 Å². The third-order valence-electron chi connectivity index (χ3n) is 4.97. The molecule has 0 spiro atoms. The summed E-state index contributed by atoms with van der Waals surface area (Å²) in [5.74, 6) is 0.286. The lowest BCUT2D eigenvalue weighted by Crippen LogP contribution is -2.51. The van der Waals surface area contributed by atoms with Gasteiger partial charge in [-0.25, -0.2) is 0 Å². The van der Waals surface area contributed by atoms with Crippen molar-refractivity contribution in [2.24, 2.45) is 0 Å². The van der Waals surface area contributed by atoms with Gasteiger partial charge in [-0.15, -0.1) is 0 Å². The van der Waals surface area contributed by atoms with Gasteiger partial charge in [-0.2, -0.15) is 0 Å². The number of likely N-dealkylation sites (tertiary alicyclic amines) is 1. The van der Waals surface area contributed by atoms with E-state index in [0.717, 1.165) is 44.6 Å². The number of amides is 2. The highest BCUT2D eigenvalue weighted by Gasteiger charge is 2.23. The standard InChI is InChI=1S/C20H27N3O2/c24-19(10-9-18-7-3-1-4-8-18)23-15-13-21(14-16-23)17-20(25)22-11-5-2-6-12-22/h1,3-4,7-10H,2,5-6,11-17H2/b10-9+. The van der Waals surface area contributed by atoms with E-state index in [9.17, 15) is 9.59 Å². The van der Waals surface area contributed by atoms with Crippen molar-refractivity contribution in [3.05, 3.63) is 42.0 Å². The monoisotopic (exact) mass is 341 g/mol. The average Bonchev–Trinajstić information content (AvgIpc) is 2.68. The van der Waals surface area contributed by atoms with Crippen LogP contribution in [0.3, 0.4) is 0 Å². The van der Waals surface area contributed by atoms with Crippen LogP contribution >= 0.6 is 0 Å². The topological polar surface area (TPSA) is 43.9 Å². The molecule has 25 heavy (non-hydrogen) atoms. The predicted octanol–water partition coefficient (Wildman–Crippen LogP) is 1.86. The molecule has 0 unspecified atom stereocenters. The molecular formula is C20H27N3O2. The third-order valence-corrected chi connectivity index (χ3v) is 4.97. The van der Waals surface area contributed by atoms with Crippen LogP contribution in [0.5, 0.6) is 0 Å². The Kier molecular flexibility index (Phi) is 6.23. The SMILES string of the molecule is O=C(/C=C/c1ccccc1)N1CCN(CC(=O)N2CCCCC2)CC1. The Labute approximate surface area is 149 Å². The van der Waals surface area contributed by atoms with Gasteiger partial charge in [0.05, 0.1) is 6.54 Å². The molecule has 5 heteroatoms. The fourth-order valence-corrected chi connectivity index (χ4v) is 3.40. The smallest absolute Gasteiger partial charge is 0.246 e. The second-order valence-corrected chi connectivity index (χ2v) is 6.79. The maximum Gasteiger partial charge on any atom is 0.246 e. The maximum absolute atomic E-state index is 12.3. The molecule has 2 saturated heterocycles. The molecule has 5 nitrogen and oxygen atoms in total. The zero-order chi connectivity index (χ0) is 17.5. The van der Waals surface area contributed by atoms with Crippen molar-refractivity contribution in [2.45, 2.75) is 19.3 Å². The number of carbonyl (C=O) groups excluding carboxylic acids is 2. The normalized spacial score (nSPS) is 19.4. The molecule has 2 aliphatic heterocycles. The van der Waals surface area contributed by atoms with Gasteiger partial charge >= 0.3 is 0 Å². The number of piperazine rings is 1. The number of nitrogens with zero attached hydrogens (tertiary/aromatic N) is 3. The van der Waals surface area contributed by atoms with Gasteiger partial charge in [0.2, 0.25) is 11.8 Å². The number of benzene rings is 1. The van der Waals surface area contributed by atoms with Crippen molar-refractivity contribution in [1.82, 2.24) is 14.7 Å². The molecule has 3 rings (SSSR count). The molecular weight excluding hydrogens is 314 g/mol. The van der Waals surface area contributed by atoms with Gasteiger partial charge in [0.25, 0.3) is 0 Å². The van der Waals surface area contributed by atoms with Gasteiger partial charge < -0.3 is 9.80 Å². The summed E-state index contributed by atoms with van der Waals surface area (Å²) in [6.07, 6.45) is 6.99. The van der Waals surface area contributed by atoms with Crippen molar-refractivity contribution in [3.8, 4) is 0 Å².